The van der Waals surface area contributed by atoms with Crippen molar-refractivity contribution in [2.45, 2.75) is 6.42 Å². The van der Waals surface area contributed by atoms with Crippen molar-refractivity contribution in [3.8, 4) is 11.1 Å². The lowest BCUT2D eigenvalue weighted by atomic mass is 10.0. The van der Waals surface area contributed by atoms with Crippen molar-refractivity contribution >= 4 is 5.97 Å². The molecule has 0 radical (unpaired) electrons. The SMILES string of the molecule is O=C(O)Cc1c[c-]c(-c2[c-]cccc2)cc1. The summed E-state index contributed by atoms with van der Waals surface area (Å²) in [5.74, 6) is -0.826. The number of hydrogen-bond acceptors (Lipinski definition) is 1. The molecule has 0 bridgehead atoms. The molecule has 0 aromatic heterocycles. The zero-order valence-electron chi connectivity index (χ0n) is 8.60. The van der Waals surface area contributed by atoms with E-state index in [1.165, 1.54) is 0 Å². The summed E-state index contributed by atoms with van der Waals surface area (Å²) >= 11 is 0. The third kappa shape index (κ3) is 2.48. The summed E-state index contributed by atoms with van der Waals surface area (Å²) in [5, 5.41) is 8.63. The molecule has 0 unspecified atom stereocenters. The molecule has 0 saturated carbocycles. The standard InChI is InChI=1S/C14H10O2/c15-14(16)10-11-6-8-13(9-7-11)12-4-2-1-3-5-12/h1-4,6-8H,10H2,(H,15,16)/q-2. The predicted octanol–water partition coefficient (Wildman–Crippen LogP) is 2.58. The van der Waals surface area contributed by atoms with Crippen LogP contribution in [0, 0.1) is 12.1 Å². The number of rotatable bonds is 3. The molecule has 0 heterocycles. The van der Waals surface area contributed by atoms with Gasteiger partial charge in [-0.2, -0.15) is 48.5 Å². The van der Waals surface area contributed by atoms with Gasteiger partial charge < -0.3 is 5.11 Å². The van der Waals surface area contributed by atoms with Gasteiger partial charge in [0.25, 0.3) is 5.97 Å². The zero-order chi connectivity index (χ0) is 11.4. The molecule has 1 N–H and O–H groups in total. The molecule has 80 valence electrons. The Bertz CT molecular complexity index is 472. The first-order chi connectivity index (χ1) is 7.75. The molecule has 2 heteroatoms. The normalized spacial score (nSPS) is 10.0. The molecule has 0 fully saturated rings. The quantitative estimate of drug-likeness (QED) is 0.790. The van der Waals surface area contributed by atoms with E-state index in [0.29, 0.717) is 0 Å². The first-order valence-corrected chi connectivity index (χ1v) is 4.95. The monoisotopic (exact) mass is 210 g/mol. The van der Waals surface area contributed by atoms with Crippen LogP contribution >= 0.6 is 0 Å². The van der Waals surface area contributed by atoms with Gasteiger partial charge in [-0.15, -0.1) is 11.6 Å². The molecule has 0 amide bonds. The van der Waals surface area contributed by atoms with E-state index in [1.54, 1.807) is 12.1 Å². The number of benzene rings is 2. The van der Waals surface area contributed by atoms with Gasteiger partial charge in [-0.1, -0.05) is 0 Å². The summed E-state index contributed by atoms with van der Waals surface area (Å²) in [6, 6.07) is 19.2. The summed E-state index contributed by atoms with van der Waals surface area (Å²) in [7, 11) is 0. The average Bonchev–Trinajstić information content (AvgIpc) is 2.30. The average molecular weight is 210 g/mol. The van der Waals surface area contributed by atoms with Crippen LogP contribution in [0.3, 0.4) is 0 Å². The lowest BCUT2D eigenvalue weighted by molar-refractivity contribution is -0.136. The maximum atomic E-state index is 10.5. The van der Waals surface area contributed by atoms with E-state index < -0.39 is 5.97 Å². The molecule has 2 rings (SSSR count). The van der Waals surface area contributed by atoms with Crippen molar-refractivity contribution in [2.75, 3.05) is 0 Å². The molecule has 2 aromatic carbocycles. The minimum Gasteiger partial charge on any atom is -0.482 e. The van der Waals surface area contributed by atoms with Crippen LogP contribution in [0.1, 0.15) is 5.56 Å². The third-order valence-corrected chi connectivity index (χ3v) is 2.23. The Hall–Kier alpha value is -2.09. The molecule has 0 aliphatic rings. The van der Waals surface area contributed by atoms with E-state index >= 15 is 0 Å². The summed E-state index contributed by atoms with van der Waals surface area (Å²) in [4.78, 5) is 10.5. The molecule has 16 heavy (non-hydrogen) atoms. The smallest absolute Gasteiger partial charge is 0.298 e. The van der Waals surface area contributed by atoms with Crippen LogP contribution in [0.25, 0.3) is 11.1 Å². The highest BCUT2D eigenvalue weighted by Crippen LogP contribution is 2.18. The molecular weight excluding hydrogens is 200 g/mol. The Morgan fingerprint density at radius 3 is 2.50 bits per heavy atom. The van der Waals surface area contributed by atoms with Crippen molar-refractivity contribution < 1.29 is 9.90 Å². The molecule has 0 atom stereocenters. The summed E-state index contributed by atoms with van der Waals surface area (Å²) in [6.07, 6.45) is 0.0370. The van der Waals surface area contributed by atoms with Gasteiger partial charge in [-0.05, 0) is 0 Å². The fraction of sp³-hybridized carbons (Fsp3) is 0.0714. The predicted molar refractivity (Wildman–Crippen MR) is 60.9 cm³/mol. The van der Waals surface area contributed by atoms with Crippen molar-refractivity contribution in [1.29, 1.82) is 0 Å². The number of aliphatic carboxylic acids is 1. The number of carboxylic acid groups (broad SMARTS) is 1. The Balaban J connectivity index is 2.23. The Morgan fingerprint density at radius 2 is 1.94 bits per heavy atom. The Labute approximate surface area is 94.2 Å². The highest BCUT2D eigenvalue weighted by molar-refractivity contribution is 5.71. The summed E-state index contributed by atoms with van der Waals surface area (Å²) in [5.41, 5.74) is 2.64. The summed E-state index contributed by atoms with van der Waals surface area (Å²) < 4.78 is 0. The van der Waals surface area contributed by atoms with Gasteiger partial charge in [0.2, 0.25) is 0 Å². The fourth-order valence-electron chi connectivity index (χ4n) is 1.47. The van der Waals surface area contributed by atoms with Crippen molar-refractivity contribution in [2.24, 2.45) is 0 Å². The highest BCUT2D eigenvalue weighted by Gasteiger charge is 1.93. The van der Waals surface area contributed by atoms with Crippen molar-refractivity contribution in [3.05, 3.63) is 60.2 Å². The van der Waals surface area contributed by atoms with Crippen LogP contribution in [0.5, 0.6) is 0 Å². The van der Waals surface area contributed by atoms with Gasteiger partial charge in [0.15, 0.2) is 0 Å². The lowest BCUT2D eigenvalue weighted by Crippen LogP contribution is -1.99. The second-order valence-corrected chi connectivity index (χ2v) is 3.46. The van der Waals surface area contributed by atoms with Crippen LogP contribution in [-0.4, -0.2) is 11.1 Å². The molecule has 0 aliphatic carbocycles. The lowest BCUT2D eigenvalue weighted by Gasteiger charge is -2.17. The number of carboxylic acids is 1. The van der Waals surface area contributed by atoms with Gasteiger partial charge in [-0.3, -0.25) is 4.79 Å². The molecule has 0 spiro atoms. The molecular formula is C14H10O2-2. The van der Waals surface area contributed by atoms with Crippen LogP contribution in [0.4, 0.5) is 0 Å². The molecule has 2 nitrogen and oxygen atoms in total. The Morgan fingerprint density at radius 1 is 1.12 bits per heavy atom. The van der Waals surface area contributed by atoms with Gasteiger partial charge in [0, 0.05) is 6.42 Å². The highest BCUT2D eigenvalue weighted by atomic mass is 16.4. The van der Waals surface area contributed by atoms with E-state index in [-0.39, 0.29) is 6.42 Å². The van der Waals surface area contributed by atoms with Gasteiger partial charge in [-0.25, -0.2) is 11.1 Å². The van der Waals surface area contributed by atoms with Gasteiger partial charge in [0.05, 0.1) is 0 Å². The van der Waals surface area contributed by atoms with E-state index in [0.717, 1.165) is 16.7 Å². The topological polar surface area (TPSA) is 37.3 Å². The second kappa shape index (κ2) is 4.62. The molecule has 0 aliphatic heterocycles. The zero-order valence-corrected chi connectivity index (χ0v) is 8.60. The van der Waals surface area contributed by atoms with E-state index in [2.05, 4.69) is 12.1 Å². The number of hydrogen-bond donors (Lipinski definition) is 1. The van der Waals surface area contributed by atoms with Gasteiger partial charge >= 0.3 is 0 Å². The maximum Gasteiger partial charge on any atom is 0.298 e. The second-order valence-electron chi connectivity index (χ2n) is 3.46. The minimum absolute atomic E-state index is 0.0370. The molecule has 0 saturated heterocycles. The third-order valence-electron chi connectivity index (χ3n) is 2.23. The van der Waals surface area contributed by atoms with E-state index in [9.17, 15) is 4.79 Å². The van der Waals surface area contributed by atoms with Crippen molar-refractivity contribution in [1.82, 2.24) is 0 Å². The largest absolute Gasteiger partial charge is 0.482 e. The first kappa shape index (κ1) is 10.4. The Kier molecular flexibility index (Phi) is 3.01. The van der Waals surface area contributed by atoms with Gasteiger partial charge in [0.1, 0.15) is 0 Å². The number of carbonyl (C=O) groups is 1. The maximum absolute atomic E-state index is 10.5. The fourth-order valence-corrected chi connectivity index (χ4v) is 1.47. The van der Waals surface area contributed by atoms with Crippen molar-refractivity contribution in [3.63, 3.8) is 0 Å². The van der Waals surface area contributed by atoms with Crippen LogP contribution < -0.4 is 0 Å². The van der Waals surface area contributed by atoms with Crippen LogP contribution in [-0.2, 0) is 11.2 Å². The van der Waals surface area contributed by atoms with Crippen LogP contribution in [0.15, 0.2) is 42.5 Å². The molecule has 2 aromatic rings. The van der Waals surface area contributed by atoms with Crippen LogP contribution in [0.2, 0.25) is 0 Å². The first-order valence-electron chi connectivity index (χ1n) is 4.95. The summed E-state index contributed by atoms with van der Waals surface area (Å²) in [6.45, 7) is 0. The van der Waals surface area contributed by atoms with E-state index in [1.807, 2.05) is 30.3 Å². The minimum atomic E-state index is -0.826. The van der Waals surface area contributed by atoms with E-state index in [4.69, 9.17) is 5.11 Å².